The number of fused-ring (bicyclic) bond motifs is 1. The van der Waals surface area contributed by atoms with E-state index >= 15 is 0 Å². The van der Waals surface area contributed by atoms with Gasteiger partial charge in [0.1, 0.15) is 11.3 Å². The van der Waals surface area contributed by atoms with Crippen LogP contribution >= 0.6 is 0 Å². The number of aromatic nitrogens is 2. The van der Waals surface area contributed by atoms with Crippen LogP contribution in [-0.2, 0) is 11.0 Å². The van der Waals surface area contributed by atoms with Crippen LogP contribution in [0.4, 0.5) is 20.2 Å². The molecule has 3 aromatic carbocycles. The van der Waals surface area contributed by atoms with Gasteiger partial charge in [0.05, 0.1) is 16.3 Å². The van der Waals surface area contributed by atoms with Crippen LogP contribution in [0.5, 0.6) is 11.5 Å². The number of nitrogen functional groups attached to an aromatic ring is 1. The lowest BCUT2D eigenvalue weighted by Gasteiger charge is -2.17. The first-order valence-electron chi connectivity index (χ1n) is 11.2. The van der Waals surface area contributed by atoms with E-state index in [0.29, 0.717) is 33.2 Å². The number of halogens is 2. The summed E-state index contributed by atoms with van der Waals surface area (Å²) in [6.45, 7) is 1.93. The Kier molecular flexibility index (Phi) is 6.26. The van der Waals surface area contributed by atoms with Crippen molar-refractivity contribution in [2.24, 2.45) is 0 Å². The zero-order valence-electron chi connectivity index (χ0n) is 19.8. The van der Waals surface area contributed by atoms with Crippen LogP contribution in [0, 0.1) is 18.6 Å². The maximum absolute atomic E-state index is 14.5. The van der Waals surface area contributed by atoms with Gasteiger partial charge in [0, 0.05) is 42.0 Å². The molecule has 0 radical (unpaired) electrons. The lowest BCUT2D eigenvalue weighted by molar-refractivity contribution is 0.441. The van der Waals surface area contributed by atoms with Crippen molar-refractivity contribution in [3.63, 3.8) is 0 Å². The summed E-state index contributed by atoms with van der Waals surface area (Å²) in [6, 6.07) is 15.3. The molecule has 5 aromatic rings. The first-order valence-corrected chi connectivity index (χ1v) is 12.3. The SMILES string of the molecule is CNc1ccc(-c2c[nH]c(=O)c3c2ccn3S(=O)c2ccc(C)cc2)c(Oc2ccc(F)cc2F)c1N. The molecule has 1 unspecified atom stereocenters. The van der Waals surface area contributed by atoms with Gasteiger partial charge in [0.15, 0.2) is 28.3 Å². The molecular formula is C27H22F2N4O3S. The summed E-state index contributed by atoms with van der Waals surface area (Å²) in [5.74, 6) is -1.75. The van der Waals surface area contributed by atoms with E-state index in [2.05, 4.69) is 10.3 Å². The lowest BCUT2D eigenvalue weighted by atomic mass is 10.0. The molecule has 1 atom stereocenters. The number of aromatic amines is 1. The normalized spacial score (nSPS) is 12.0. The fraction of sp³-hybridized carbons (Fsp3) is 0.0741. The fourth-order valence-corrected chi connectivity index (χ4v) is 5.19. The van der Waals surface area contributed by atoms with Gasteiger partial charge in [-0.15, -0.1) is 0 Å². The maximum atomic E-state index is 14.5. The number of H-pyrrole nitrogens is 1. The van der Waals surface area contributed by atoms with Gasteiger partial charge in [-0.2, -0.15) is 0 Å². The van der Waals surface area contributed by atoms with E-state index in [1.807, 2.05) is 19.1 Å². The maximum Gasteiger partial charge on any atom is 0.273 e. The molecule has 10 heteroatoms. The van der Waals surface area contributed by atoms with E-state index in [9.17, 15) is 17.8 Å². The number of benzene rings is 3. The number of hydrogen-bond donors (Lipinski definition) is 3. The molecule has 188 valence electrons. The van der Waals surface area contributed by atoms with Crippen molar-refractivity contribution < 1.29 is 17.7 Å². The Morgan fingerprint density at radius 3 is 2.49 bits per heavy atom. The number of nitrogens with zero attached hydrogens (tertiary/aromatic N) is 1. The highest BCUT2D eigenvalue weighted by Gasteiger charge is 2.21. The molecule has 2 aromatic heterocycles. The van der Waals surface area contributed by atoms with Gasteiger partial charge >= 0.3 is 0 Å². The summed E-state index contributed by atoms with van der Waals surface area (Å²) in [6.07, 6.45) is 3.07. The monoisotopic (exact) mass is 520 g/mol. The molecule has 0 aliphatic carbocycles. The van der Waals surface area contributed by atoms with Crippen molar-refractivity contribution >= 4 is 33.3 Å². The van der Waals surface area contributed by atoms with Crippen LogP contribution in [0.1, 0.15) is 5.56 Å². The predicted octanol–water partition coefficient (Wildman–Crippen LogP) is 5.57. The average molecular weight is 521 g/mol. The van der Waals surface area contributed by atoms with Crippen LogP contribution in [0.2, 0.25) is 0 Å². The van der Waals surface area contributed by atoms with Crippen molar-refractivity contribution in [2.75, 3.05) is 18.1 Å². The number of ether oxygens (including phenoxy) is 1. The summed E-state index contributed by atoms with van der Waals surface area (Å²) < 4.78 is 48.5. The number of anilines is 2. The highest BCUT2D eigenvalue weighted by molar-refractivity contribution is 7.83. The summed E-state index contributed by atoms with van der Waals surface area (Å²) in [5.41, 5.74) is 8.81. The predicted molar refractivity (Wildman–Crippen MR) is 141 cm³/mol. The van der Waals surface area contributed by atoms with Crippen molar-refractivity contribution in [1.82, 2.24) is 8.96 Å². The molecule has 0 saturated carbocycles. The quantitative estimate of drug-likeness (QED) is 0.254. The minimum absolute atomic E-state index is 0.109. The molecule has 0 spiro atoms. The van der Waals surface area contributed by atoms with Gasteiger partial charge in [-0.25, -0.2) is 13.0 Å². The van der Waals surface area contributed by atoms with Gasteiger partial charge in [-0.1, -0.05) is 17.7 Å². The molecule has 5 rings (SSSR count). The summed E-state index contributed by atoms with van der Waals surface area (Å²) in [4.78, 5) is 16.1. The highest BCUT2D eigenvalue weighted by atomic mass is 32.2. The largest absolute Gasteiger partial charge is 0.451 e. The molecule has 0 bridgehead atoms. The van der Waals surface area contributed by atoms with Gasteiger partial charge in [0.25, 0.3) is 5.56 Å². The second kappa shape index (κ2) is 9.55. The van der Waals surface area contributed by atoms with E-state index in [0.717, 1.165) is 11.6 Å². The third kappa shape index (κ3) is 4.36. The summed E-state index contributed by atoms with van der Waals surface area (Å²) >= 11 is 0. The van der Waals surface area contributed by atoms with Gasteiger partial charge in [0.2, 0.25) is 0 Å². The number of pyridine rings is 1. The molecule has 0 aliphatic rings. The zero-order valence-corrected chi connectivity index (χ0v) is 20.7. The van der Waals surface area contributed by atoms with E-state index in [1.54, 1.807) is 43.6 Å². The summed E-state index contributed by atoms with van der Waals surface area (Å²) in [5, 5.41) is 3.44. The third-order valence-corrected chi connectivity index (χ3v) is 7.30. The van der Waals surface area contributed by atoms with Gasteiger partial charge in [-0.3, -0.25) is 8.77 Å². The third-order valence-electron chi connectivity index (χ3n) is 5.97. The van der Waals surface area contributed by atoms with Crippen molar-refractivity contribution in [3.8, 4) is 22.6 Å². The Labute approximate surface area is 213 Å². The number of nitrogens with one attached hydrogen (secondary N) is 2. The van der Waals surface area contributed by atoms with E-state index in [-0.39, 0.29) is 22.7 Å². The molecule has 2 heterocycles. The molecule has 7 nitrogen and oxygen atoms in total. The van der Waals surface area contributed by atoms with E-state index < -0.39 is 28.2 Å². The summed E-state index contributed by atoms with van der Waals surface area (Å²) in [7, 11) is -0.00658. The van der Waals surface area contributed by atoms with Crippen LogP contribution in [0.15, 0.2) is 82.7 Å². The minimum Gasteiger partial charge on any atom is -0.451 e. The van der Waals surface area contributed by atoms with Crippen molar-refractivity contribution in [2.45, 2.75) is 11.8 Å². The highest BCUT2D eigenvalue weighted by Crippen LogP contribution is 2.44. The molecule has 0 aliphatic heterocycles. The Bertz CT molecular complexity index is 1730. The van der Waals surface area contributed by atoms with E-state index in [1.165, 1.54) is 16.2 Å². The second-order valence-corrected chi connectivity index (χ2v) is 9.69. The van der Waals surface area contributed by atoms with E-state index in [4.69, 9.17) is 10.5 Å². The number of hydrogen-bond acceptors (Lipinski definition) is 5. The first kappa shape index (κ1) is 24.3. The zero-order chi connectivity index (χ0) is 26.3. The van der Waals surface area contributed by atoms with Crippen LogP contribution in [-0.4, -0.2) is 20.2 Å². The first-order chi connectivity index (χ1) is 17.8. The number of nitrogens with two attached hydrogens (primary N) is 1. The van der Waals surface area contributed by atoms with Gasteiger partial charge in [-0.05, 0) is 49.4 Å². The molecular weight excluding hydrogens is 498 g/mol. The van der Waals surface area contributed by atoms with Crippen LogP contribution < -0.4 is 21.3 Å². The Morgan fingerprint density at radius 2 is 1.78 bits per heavy atom. The topological polar surface area (TPSA) is 102 Å². The second-order valence-electron chi connectivity index (χ2n) is 8.33. The molecule has 0 saturated heterocycles. The smallest absolute Gasteiger partial charge is 0.273 e. The Morgan fingerprint density at radius 1 is 1.03 bits per heavy atom. The molecule has 0 amide bonds. The standard InChI is InChI=1S/C27H22F2N4O3S/c1-15-3-6-17(7-4-15)37(35)33-12-11-18-20(14-32-27(34)25(18)33)19-8-9-22(31-2)24(30)26(19)36-23-10-5-16(28)13-21(23)29/h3-14,31H,30H2,1-2H3,(H,32,34). The molecule has 0 fully saturated rings. The van der Waals surface area contributed by atoms with Crippen molar-refractivity contribution in [3.05, 3.63) is 101 Å². The Balaban J connectivity index is 1.69. The average Bonchev–Trinajstić information content (AvgIpc) is 3.33. The number of rotatable bonds is 6. The van der Waals surface area contributed by atoms with Gasteiger partial charge < -0.3 is 20.8 Å². The number of aryl methyl sites for hydroxylation is 1. The minimum atomic E-state index is -1.68. The van der Waals surface area contributed by atoms with Crippen LogP contribution in [0.25, 0.3) is 22.0 Å². The van der Waals surface area contributed by atoms with Crippen molar-refractivity contribution in [1.29, 1.82) is 0 Å². The fourth-order valence-electron chi connectivity index (χ4n) is 4.07. The van der Waals surface area contributed by atoms with Crippen LogP contribution in [0.3, 0.4) is 0 Å². The lowest BCUT2D eigenvalue weighted by Crippen LogP contribution is -2.13. The molecule has 4 N–H and O–H groups in total. The Hall–Kier alpha value is -4.44. The molecule has 37 heavy (non-hydrogen) atoms.